The fraction of sp³-hybridized carbons (Fsp3) is 0.0189. The topological polar surface area (TPSA) is 60.8 Å². The van der Waals surface area contributed by atoms with E-state index in [-0.39, 0.29) is 0 Å². The number of aromatic nitrogens is 4. The molecule has 0 N–H and O–H groups in total. The third kappa shape index (κ3) is 5.30. The maximum atomic E-state index is 6.72. The molecule has 6 heteroatoms. The lowest BCUT2D eigenvalue weighted by atomic mass is 9.66. The average molecular weight is 773 g/mol. The van der Waals surface area contributed by atoms with E-state index in [2.05, 4.69) is 152 Å². The molecule has 10 aromatic rings. The van der Waals surface area contributed by atoms with Gasteiger partial charge in [0.25, 0.3) is 0 Å². The Morgan fingerprint density at radius 2 is 0.881 bits per heavy atom. The molecule has 0 atom stereocenters. The van der Waals surface area contributed by atoms with Crippen LogP contribution in [0.5, 0.6) is 11.5 Å². The second kappa shape index (κ2) is 13.3. The van der Waals surface area contributed by atoms with E-state index in [0.717, 1.165) is 66.5 Å². The van der Waals surface area contributed by atoms with Gasteiger partial charge in [-0.05, 0) is 81.9 Å². The predicted octanol–water partition coefficient (Wildman–Crippen LogP) is 13.3. The van der Waals surface area contributed by atoms with Crippen LogP contribution in [0.15, 0.2) is 194 Å². The Morgan fingerprint density at radius 1 is 0.356 bits per heavy atom. The normalized spacial score (nSPS) is 13.0. The van der Waals surface area contributed by atoms with Gasteiger partial charge in [-0.3, -0.25) is 0 Å². The second-order valence-electron chi connectivity index (χ2n) is 15.0. The molecule has 0 saturated heterocycles. The number of benzene rings is 8. The molecule has 3 heterocycles. The highest BCUT2D eigenvalue weighted by Gasteiger charge is 2.51. The van der Waals surface area contributed by atoms with E-state index in [4.69, 9.17) is 24.7 Å². The first-order valence-corrected chi connectivity index (χ1v) is 20.5. The van der Waals surface area contributed by atoms with Gasteiger partial charge in [0.05, 0.1) is 15.6 Å². The number of hydrogen-bond donors (Lipinski definition) is 0. The molecule has 1 aliphatic carbocycles. The van der Waals surface area contributed by atoms with Crippen LogP contribution >= 0.6 is 11.3 Å². The summed E-state index contributed by atoms with van der Waals surface area (Å²) in [4.78, 5) is 20.5. The highest BCUT2D eigenvalue weighted by atomic mass is 32.1. The largest absolute Gasteiger partial charge is 0.457 e. The minimum Gasteiger partial charge on any atom is -0.457 e. The molecule has 0 bridgehead atoms. The Bertz CT molecular complexity index is 3200. The molecule has 276 valence electrons. The summed E-state index contributed by atoms with van der Waals surface area (Å²) in [6.45, 7) is 0. The molecule has 5 nitrogen and oxygen atoms in total. The summed E-state index contributed by atoms with van der Waals surface area (Å²) in [5.74, 6) is 3.48. The van der Waals surface area contributed by atoms with Crippen molar-refractivity contribution in [2.75, 3.05) is 0 Å². The third-order valence-corrected chi connectivity index (χ3v) is 12.7. The van der Waals surface area contributed by atoms with E-state index in [1.54, 1.807) is 11.3 Å². The maximum absolute atomic E-state index is 6.72. The van der Waals surface area contributed by atoms with E-state index >= 15 is 0 Å². The number of para-hydroxylation sites is 2. The van der Waals surface area contributed by atoms with Crippen molar-refractivity contribution in [3.05, 3.63) is 216 Å². The van der Waals surface area contributed by atoms with Crippen LogP contribution in [-0.4, -0.2) is 19.9 Å². The van der Waals surface area contributed by atoms with Crippen molar-refractivity contribution in [2.45, 2.75) is 5.41 Å². The molecule has 12 rings (SSSR count). The second-order valence-corrected chi connectivity index (χ2v) is 16.0. The van der Waals surface area contributed by atoms with Crippen LogP contribution in [0.4, 0.5) is 0 Å². The quantitative estimate of drug-likeness (QED) is 0.174. The maximum Gasteiger partial charge on any atom is 0.164 e. The van der Waals surface area contributed by atoms with Gasteiger partial charge in [0.1, 0.15) is 16.5 Å². The molecule has 59 heavy (non-hydrogen) atoms. The van der Waals surface area contributed by atoms with Crippen LogP contribution in [0.2, 0.25) is 0 Å². The lowest BCUT2D eigenvalue weighted by molar-refractivity contribution is 0.436. The van der Waals surface area contributed by atoms with Crippen LogP contribution in [0.3, 0.4) is 0 Å². The zero-order valence-electron chi connectivity index (χ0n) is 31.6. The first kappa shape index (κ1) is 33.6. The molecular formula is C53H32N4OS. The summed E-state index contributed by atoms with van der Waals surface area (Å²) in [5, 5.41) is 1.00. The summed E-state index contributed by atoms with van der Waals surface area (Å²) in [6.07, 6.45) is 0. The van der Waals surface area contributed by atoms with Crippen molar-refractivity contribution in [3.8, 4) is 78.5 Å². The highest BCUT2D eigenvalue weighted by Crippen LogP contribution is 2.62. The molecule has 0 fully saturated rings. The van der Waals surface area contributed by atoms with Gasteiger partial charge in [0.15, 0.2) is 17.5 Å². The van der Waals surface area contributed by atoms with E-state index in [9.17, 15) is 0 Å². The summed E-state index contributed by atoms with van der Waals surface area (Å²) in [5.41, 5.74) is 13.5. The number of ether oxygens (including phenoxy) is 1. The summed E-state index contributed by atoms with van der Waals surface area (Å²) in [7, 11) is 0. The summed E-state index contributed by atoms with van der Waals surface area (Å²) < 4.78 is 7.90. The number of fused-ring (bicyclic) bond motifs is 10. The predicted molar refractivity (Wildman–Crippen MR) is 238 cm³/mol. The van der Waals surface area contributed by atoms with Gasteiger partial charge in [0, 0.05) is 33.4 Å². The van der Waals surface area contributed by atoms with Gasteiger partial charge in [-0.1, -0.05) is 146 Å². The smallest absolute Gasteiger partial charge is 0.164 e. The molecule has 1 aliphatic heterocycles. The Hall–Kier alpha value is -7.54. The molecular weight excluding hydrogens is 741 g/mol. The zero-order chi connectivity index (χ0) is 38.9. The standard InChI is InChI=1S/C53H32N4OS/c1-2-14-33(15-3-1)49-55-50(36-18-12-16-34(30-36)35-17-13-19-38(31-35)52-54-45-25-9-11-27-48(45)59-52)57-51(56-49)37-28-29-47-44(32-37)53(43-24-8-10-26-46(43)58-47)41-22-6-4-20-39(41)40-21-5-7-23-42(40)53/h1-32H. The van der Waals surface area contributed by atoms with Crippen molar-refractivity contribution < 1.29 is 4.74 Å². The monoisotopic (exact) mass is 772 g/mol. The average Bonchev–Trinajstić information content (AvgIpc) is 3.88. The third-order valence-electron chi connectivity index (χ3n) is 11.6. The molecule has 0 radical (unpaired) electrons. The van der Waals surface area contributed by atoms with E-state index in [1.807, 2.05) is 42.5 Å². The van der Waals surface area contributed by atoms with Crippen LogP contribution < -0.4 is 4.74 Å². The Kier molecular flexibility index (Phi) is 7.55. The van der Waals surface area contributed by atoms with E-state index < -0.39 is 5.41 Å². The van der Waals surface area contributed by atoms with Gasteiger partial charge in [-0.15, -0.1) is 11.3 Å². The lowest BCUT2D eigenvalue weighted by Crippen LogP contribution is -2.32. The van der Waals surface area contributed by atoms with E-state index in [1.165, 1.54) is 27.0 Å². The molecule has 0 saturated carbocycles. The Balaban J connectivity index is 1.02. The number of nitrogens with zero attached hydrogens (tertiary/aromatic N) is 4. The molecule has 8 aromatic carbocycles. The molecule has 0 amide bonds. The summed E-state index contributed by atoms with van der Waals surface area (Å²) in [6, 6.07) is 67.9. The van der Waals surface area contributed by atoms with Crippen LogP contribution in [0.1, 0.15) is 22.3 Å². The Labute approximate surface area is 345 Å². The van der Waals surface area contributed by atoms with Crippen LogP contribution in [0, 0.1) is 0 Å². The minimum atomic E-state index is -0.597. The van der Waals surface area contributed by atoms with Crippen LogP contribution in [0.25, 0.3) is 77.2 Å². The fourth-order valence-corrected chi connectivity index (χ4v) is 9.97. The van der Waals surface area contributed by atoms with Gasteiger partial charge in [-0.25, -0.2) is 19.9 Å². The first-order chi connectivity index (χ1) is 29.2. The number of hydrogen-bond acceptors (Lipinski definition) is 6. The number of rotatable bonds is 5. The molecule has 1 spiro atoms. The van der Waals surface area contributed by atoms with Crippen molar-refractivity contribution in [2.24, 2.45) is 0 Å². The van der Waals surface area contributed by atoms with E-state index in [0.29, 0.717) is 17.5 Å². The number of thiazole rings is 1. The SMILES string of the molecule is c1ccc(-c2nc(-c3cccc(-c4cccc(-c5nc6ccccc6s5)c4)c3)nc(-c3ccc4c(c3)C3(c5ccccc5O4)c4ccccc4-c4ccccc43)n2)cc1. The Morgan fingerprint density at radius 3 is 1.61 bits per heavy atom. The van der Waals surface area contributed by atoms with Gasteiger partial charge >= 0.3 is 0 Å². The highest BCUT2D eigenvalue weighted by molar-refractivity contribution is 7.21. The zero-order valence-corrected chi connectivity index (χ0v) is 32.4. The first-order valence-electron chi connectivity index (χ1n) is 19.7. The van der Waals surface area contributed by atoms with Crippen molar-refractivity contribution in [3.63, 3.8) is 0 Å². The molecule has 0 unspecified atom stereocenters. The van der Waals surface area contributed by atoms with Crippen molar-refractivity contribution >= 4 is 21.6 Å². The van der Waals surface area contributed by atoms with Gasteiger partial charge in [0.2, 0.25) is 0 Å². The fourth-order valence-electron chi connectivity index (χ4n) is 9.01. The van der Waals surface area contributed by atoms with Gasteiger partial charge < -0.3 is 4.74 Å². The lowest BCUT2D eigenvalue weighted by Gasteiger charge is -2.39. The molecule has 2 aliphatic rings. The summed E-state index contributed by atoms with van der Waals surface area (Å²) >= 11 is 1.71. The van der Waals surface area contributed by atoms with Crippen molar-refractivity contribution in [1.29, 1.82) is 0 Å². The minimum absolute atomic E-state index is 0.591. The van der Waals surface area contributed by atoms with Gasteiger partial charge in [-0.2, -0.15) is 0 Å². The van der Waals surface area contributed by atoms with Crippen molar-refractivity contribution in [1.82, 2.24) is 19.9 Å². The molecule has 2 aromatic heterocycles. The van der Waals surface area contributed by atoms with Crippen LogP contribution in [-0.2, 0) is 5.41 Å².